The number of imide groups is 1. The second kappa shape index (κ2) is 20.1. The normalized spacial score (nSPS) is 17.7. The lowest BCUT2D eigenvalue weighted by atomic mass is 9.85. The van der Waals surface area contributed by atoms with E-state index in [1.807, 2.05) is 83.7 Å². The number of likely N-dealkylation sites (tertiary alicyclic amines) is 2. The van der Waals surface area contributed by atoms with Crippen LogP contribution in [0.1, 0.15) is 90.8 Å². The summed E-state index contributed by atoms with van der Waals surface area (Å²) < 4.78 is 9.65. The van der Waals surface area contributed by atoms with Crippen molar-refractivity contribution in [2.45, 2.75) is 111 Å². The van der Waals surface area contributed by atoms with Crippen LogP contribution >= 0.6 is 0 Å². The van der Waals surface area contributed by atoms with Gasteiger partial charge in [-0.25, -0.2) is 19.3 Å². The number of amides is 6. The maximum atomic E-state index is 14.3. The molecule has 3 aromatic rings. The lowest BCUT2D eigenvalue weighted by Crippen LogP contribution is -2.58. The fourth-order valence-electron chi connectivity index (χ4n) is 7.91. The molecule has 2 aliphatic rings. The third-order valence-electron chi connectivity index (χ3n) is 11.5. The van der Waals surface area contributed by atoms with Crippen LogP contribution in [0.3, 0.4) is 0 Å². The molecule has 2 heterocycles. The molecule has 3 aromatic carbocycles. The van der Waals surface area contributed by atoms with E-state index in [0.29, 0.717) is 31.9 Å². The van der Waals surface area contributed by atoms with Gasteiger partial charge in [0.25, 0.3) is 5.91 Å². The van der Waals surface area contributed by atoms with Crippen LogP contribution in [-0.2, 0) is 32.2 Å². The quantitative estimate of drug-likeness (QED) is 0.186. The smallest absolute Gasteiger partial charge is 0.407 e. The molecule has 13 heteroatoms. The summed E-state index contributed by atoms with van der Waals surface area (Å²) in [5.41, 5.74) is 3.34. The van der Waals surface area contributed by atoms with Crippen LogP contribution in [0.15, 0.2) is 84.9 Å². The van der Waals surface area contributed by atoms with Gasteiger partial charge in [0.05, 0.1) is 25.9 Å². The number of carbonyl (C=O) groups excluding carboxylic acids is 5. The van der Waals surface area contributed by atoms with Crippen molar-refractivity contribution in [1.82, 2.24) is 20.4 Å². The number of anilines is 2. The van der Waals surface area contributed by atoms with Crippen LogP contribution in [0, 0.1) is 10.8 Å². The van der Waals surface area contributed by atoms with Crippen molar-refractivity contribution < 1.29 is 33.4 Å². The lowest BCUT2D eigenvalue weighted by Gasteiger charge is -2.36. The average molecular weight is 837 g/mol. The highest BCUT2D eigenvalue weighted by atomic mass is 16.5. The van der Waals surface area contributed by atoms with E-state index < -0.39 is 47.0 Å². The van der Waals surface area contributed by atoms with E-state index in [1.165, 1.54) is 19.1 Å². The minimum absolute atomic E-state index is 0.0220. The summed E-state index contributed by atoms with van der Waals surface area (Å²) in [4.78, 5) is 73.7. The predicted octanol–water partition coefficient (Wildman–Crippen LogP) is 8.38. The van der Waals surface area contributed by atoms with Crippen molar-refractivity contribution in [3.8, 4) is 0 Å². The summed E-state index contributed by atoms with van der Waals surface area (Å²) in [7, 11) is 2.54. The third kappa shape index (κ3) is 11.9. The Labute approximate surface area is 361 Å². The van der Waals surface area contributed by atoms with E-state index >= 15 is 0 Å². The van der Waals surface area contributed by atoms with E-state index in [9.17, 15) is 24.0 Å². The molecule has 0 aromatic heterocycles. The molecule has 6 amide bonds. The van der Waals surface area contributed by atoms with E-state index in [0.717, 1.165) is 48.1 Å². The first-order valence-corrected chi connectivity index (χ1v) is 21.2. The van der Waals surface area contributed by atoms with Gasteiger partial charge in [0.1, 0.15) is 12.1 Å². The van der Waals surface area contributed by atoms with E-state index in [-0.39, 0.29) is 18.0 Å². The highest BCUT2D eigenvalue weighted by Gasteiger charge is 2.42. The van der Waals surface area contributed by atoms with Gasteiger partial charge in [0, 0.05) is 37.9 Å². The average Bonchev–Trinajstić information content (AvgIpc) is 3.90. The van der Waals surface area contributed by atoms with Crippen LogP contribution in [0.25, 0.3) is 6.08 Å². The zero-order valence-electron chi connectivity index (χ0n) is 37.3. The number of carbonyl (C=O) groups is 5. The molecule has 328 valence electrons. The van der Waals surface area contributed by atoms with Gasteiger partial charge in [0.2, 0.25) is 5.91 Å². The predicted molar refractivity (Wildman–Crippen MR) is 239 cm³/mol. The largest absolute Gasteiger partial charge is 0.453 e. The van der Waals surface area contributed by atoms with Crippen molar-refractivity contribution in [1.29, 1.82) is 0 Å². The molecular formula is C48H64N6O7. The van der Waals surface area contributed by atoms with Crippen molar-refractivity contribution in [2.24, 2.45) is 10.8 Å². The minimum atomic E-state index is -1.03. The summed E-state index contributed by atoms with van der Waals surface area (Å²) in [5, 5.41) is 5.42. The zero-order valence-corrected chi connectivity index (χ0v) is 37.3. The fourth-order valence-corrected chi connectivity index (χ4v) is 7.91. The highest BCUT2D eigenvalue weighted by molar-refractivity contribution is 6.16. The molecule has 2 saturated heterocycles. The van der Waals surface area contributed by atoms with Gasteiger partial charge >= 0.3 is 18.2 Å². The molecule has 13 nitrogen and oxygen atoms in total. The summed E-state index contributed by atoms with van der Waals surface area (Å²) in [6.45, 7) is 15.6. The van der Waals surface area contributed by atoms with Gasteiger partial charge in [0.15, 0.2) is 0 Å². The summed E-state index contributed by atoms with van der Waals surface area (Å²) in [6, 6.07) is 23.7. The number of para-hydroxylation sites is 1. The number of benzene rings is 3. The fraction of sp³-hybridized carbons (Fsp3) is 0.479. The Morgan fingerprint density at radius 3 is 1.75 bits per heavy atom. The lowest BCUT2D eigenvalue weighted by molar-refractivity contribution is -0.136. The molecule has 61 heavy (non-hydrogen) atoms. The van der Waals surface area contributed by atoms with Gasteiger partial charge in [-0.15, -0.1) is 0 Å². The summed E-state index contributed by atoms with van der Waals surface area (Å²) in [6.07, 6.45) is 6.18. The first-order chi connectivity index (χ1) is 28.9. The zero-order chi connectivity index (χ0) is 44.5. The van der Waals surface area contributed by atoms with Crippen molar-refractivity contribution in [3.05, 3.63) is 102 Å². The SMILES string of the molecule is COC(=O)N[C@H](C(=O)N(C(=O)N1CCC[C@H]1C)c1ccc(CN(Cc2ccc(C=C[C@@H]3CCCN3C(=O)[C@@H](NC(=O)OC)C(C)(C)C)cc2)c2ccccc2)cc1)C(C)(C)C. The molecule has 2 N–H and O–H groups in total. The van der Waals surface area contributed by atoms with Crippen molar-refractivity contribution in [3.63, 3.8) is 0 Å². The van der Waals surface area contributed by atoms with Gasteiger partial charge in [-0.2, -0.15) is 0 Å². The molecule has 0 bridgehead atoms. The Bertz CT molecular complexity index is 2010. The number of hydrogen-bond donors (Lipinski definition) is 2. The van der Waals surface area contributed by atoms with Crippen LogP contribution in [0.5, 0.6) is 0 Å². The van der Waals surface area contributed by atoms with Gasteiger partial charge in [-0.3, -0.25) is 9.59 Å². The van der Waals surface area contributed by atoms with E-state index in [1.54, 1.807) is 17.0 Å². The van der Waals surface area contributed by atoms with Crippen molar-refractivity contribution in [2.75, 3.05) is 37.1 Å². The first-order valence-electron chi connectivity index (χ1n) is 21.2. The Balaban J connectivity index is 1.33. The van der Waals surface area contributed by atoms with Gasteiger partial charge < -0.3 is 34.8 Å². The molecular weight excluding hydrogens is 773 g/mol. The summed E-state index contributed by atoms with van der Waals surface area (Å²) in [5.74, 6) is -0.649. The monoisotopic (exact) mass is 836 g/mol. The minimum Gasteiger partial charge on any atom is -0.453 e. The van der Waals surface area contributed by atoms with Gasteiger partial charge in [-0.05, 0) is 84.4 Å². The van der Waals surface area contributed by atoms with E-state index in [4.69, 9.17) is 9.47 Å². The highest BCUT2D eigenvalue weighted by Crippen LogP contribution is 2.30. The molecule has 2 aliphatic heterocycles. The number of rotatable bonds is 12. The number of ether oxygens (including phenoxy) is 2. The molecule has 4 atom stereocenters. The van der Waals surface area contributed by atoms with Crippen LogP contribution in [-0.4, -0.2) is 91.3 Å². The number of alkyl carbamates (subject to hydrolysis) is 2. The Morgan fingerprint density at radius 1 is 0.705 bits per heavy atom. The second-order valence-corrected chi connectivity index (χ2v) is 18.2. The molecule has 0 unspecified atom stereocenters. The van der Waals surface area contributed by atoms with Gasteiger partial charge in [-0.1, -0.05) is 108 Å². The molecule has 0 radical (unpaired) electrons. The first kappa shape index (κ1) is 46.2. The van der Waals surface area contributed by atoms with Crippen LogP contribution < -0.4 is 20.4 Å². The third-order valence-corrected chi connectivity index (χ3v) is 11.5. The number of urea groups is 1. The topological polar surface area (TPSA) is 141 Å². The number of methoxy groups -OCH3 is 2. The number of hydrogen-bond acceptors (Lipinski definition) is 8. The summed E-state index contributed by atoms with van der Waals surface area (Å²) >= 11 is 0. The molecule has 0 spiro atoms. The Hall–Kier alpha value is -5.85. The molecule has 0 saturated carbocycles. The Kier molecular flexibility index (Phi) is 15.3. The number of nitrogens with zero attached hydrogens (tertiary/aromatic N) is 4. The van der Waals surface area contributed by atoms with E-state index in [2.05, 4.69) is 64.1 Å². The van der Waals surface area contributed by atoms with Crippen LogP contribution in [0.4, 0.5) is 25.8 Å². The Morgan fingerprint density at radius 2 is 1.23 bits per heavy atom. The van der Waals surface area contributed by atoms with Crippen LogP contribution in [0.2, 0.25) is 0 Å². The maximum Gasteiger partial charge on any atom is 0.407 e. The second-order valence-electron chi connectivity index (χ2n) is 18.2. The number of nitrogens with one attached hydrogen (secondary N) is 2. The van der Waals surface area contributed by atoms with Crippen molar-refractivity contribution >= 4 is 47.5 Å². The maximum absolute atomic E-state index is 14.3. The molecule has 0 aliphatic carbocycles. The molecule has 5 rings (SSSR count). The standard InChI is InChI=1S/C48H64N6O7/c1-33-15-13-29-52(33)46(59)54(43(56)41(48(5,6)7)50-45(58)61-9)39-27-24-36(25-28-39)32-51(37-16-11-10-12-17-37)31-35-21-19-34(20-22-35)23-26-38-18-14-30-53(38)42(55)40(47(2,3)4)49-44(57)60-8/h10-12,16-17,19-28,33,38,40-41H,13-15,18,29-32H2,1-9H3,(H,49,57)(H,50,58)/t33-,38+,40-,41-/m1/s1. The molecule has 2 fully saturated rings.